The second-order valence-electron chi connectivity index (χ2n) is 4.93. The van der Waals surface area contributed by atoms with Gasteiger partial charge >= 0.3 is 0 Å². The molecule has 1 aliphatic heterocycles. The first-order chi connectivity index (χ1) is 6.57. The fourth-order valence-electron chi connectivity index (χ4n) is 1.82. The molecule has 0 N–H and O–H groups in total. The van der Waals surface area contributed by atoms with Gasteiger partial charge in [-0.15, -0.1) is 0 Å². The zero-order valence-electron chi connectivity index (χ0n) is 9.55. The Hall–Kier alpha value is 0.400. The molecule has 1 aliphatic rings. The Morgan fingerprint density at radius 3 is 2.79 bits per heavy atom. The van der Waals surface area contributed by atoms with E-state index in [1.807, 2.05) is 0 Å². The molecule has 0 aromatic rings. The highest BCUT2D eigenvalue weighted by atomic mass is 79.9. The predicted octanol–water partition coefficient (Wildman–Crippen LogP) is 2.52. The second-order valence-corrected chi connectivity index (χ2v) is 5.49. The Morgan fingerprint density at radius 1 is 1.50 bits per heavy atom. The maximum atomic E-state index is 5.65. The highest BCUT2D eigenvalue weighted by molar-refractivity contribution is 9.09. The quantitative estimate of drug-likeness (QED) is 0.723. The number of halogens is 1. The van der Waals surface area contributed by atoms with Gasteiger partial charge in [-0.05, 0) is 11.8 Å². The molecule has 0 aromatic heterocycles. The molecule has 3 heteroatoms. The van der Waals surface area contributed by atoms with Gasteiger partial charge in [-0.25, -0.2) is 0 Å². The van der Waals surface area contributed by atoms with E-state index in [1.54, 1.807) is 0 Å². The van der Waals surface area contributed by atoms with E-state index in [4.69, 9.17) is 4.74 Å². The van der Waals surface area contributed by atoms with Crippen LogP contribution in [-0.2, 0) is 4.74 Å². The van der Waals surface area contributed by atoms with Crippen molar-refractivity contribution in [1.29, 1.82) is 0 Å². The fraction of sp³-hybridized carbons (Fsp3) is 1.00. The van der Waals surface area contributed by atoms with Crippen LogP contribution in [-0.4, -0.2) is 42.6 Å². The molecule has 0 aromatic carbocycles. The molecule has 14 heavy (non-hydrogen) atoms. The average molecular weight is 264 g/mol. The molecule has 84 valence electrons. The third kappa shape index (κ3) is 3.87. The summed E-state index contributed by atoms with van der Waals surface area (Å²) in [5, 5.41) is 1.06. The first-order valence-corrected chi connectivity index (χ1v) is 6.59. The van der Waals surface area contributed by atoms with Crippen LogP contribution in [0.1, 0.15) is 27.2 Å². The summed E-state index contributed by atoms with van der Waals surface area (Å²) in [6.45, 7) is 11.1. The van der Waals surface area contributed by atoms with Crippen LogP contribution in [0.5, 0.6) is 0 Å². The van der Waals surface area contributed by atoms with Gasteiger partial charge in [0.15, 0.2) is 0 Å². The zero-order chi connectivity index (χ0) is 10.6. The molecular formula is C11H22BrNO. The summed E-state index contributed by atoms with van der Waals surface area (Å²) in [7, 11) is 0. The minimum absolute atomic E-state index is 0.371. The molecule has 1 rings (SSSR count). The normalized spacial score (nSPS) is 25.3. The number of morpholine rings is 1. The van der Waals surface area contributed by atoms with Crippen molar-refractivity contribution in [2.45, 2.75) is 33.3 Å². The van der Waals surface area contributed by atoms with Gasteiger partial charge in [-0.1, -0.05) is 36.7 Å². The first kappa shape index (κ1) is 12.5. The Labute approximate surface area is 96.1 Å². The lowest BCUT2D eigenvalue weighted by atomic mass is 9.95. The van der Waals surface area contributed by atoms with E-state index in [2.05, 4.69) is 41.6 Å². The predicted molar refractivity (Wildman–Crippen MR) is 64.0 cm³/mol. The molecule has 2 nitrogen and oxygen atoms in total. The highest BCUT2D eigenvalue weighted by Crippen LogP contribution is 2.21. The maximum Gasteiger partial charge on any atom is 0.0700 e. The van der Waals surface area contributed by atoms with Crippen molar-refractivity contribution in [2.24, 2.45) is 5.41 Å². The number of alkyl halides is 1. The number of hydrogen-bond donors (Lipinski definition) is 0. The van der Waals surface area contributed by atoms with Gasteiger partial charge in [0, 0.05) is 25.0 Å². The van der Waals surface area contributed by atoms with E-state index < -0.39 is 0 Å². The van der Waals surface area contributed by atoms with Crippen LogP contribution >= 0.6 is 15.9 Å². The summed E-state index contributed by atoms with van der Waals surface area (Å²) in [6, 6.07) is 0. The monoisotopic (exact) mass is 263 g/mol. The molecular weight excluding hydrogens is 242 g/mol. The minimum Gasteiger partial charge on any atom is -0.376 e. The molecule has 0 bridgehead atoms. The van der Waals surface area contributed by atoms with Crippen molar-refractivity contribution >= 4 is 15.9 Å². The summed E-state index contributed by atoms with van der Waals surface area (Å²) in [6.07, 6.45) is 1.58. The van der Waals surface area contributed by atoms with E-state index in [1.165, 1.54) is 0 Å². The number of rotatable bonds is 4. The zero-order valence-corrected chi connectivity index (χ0v) is 11.1. The van der Waals surface area contributed by atoms with Crippen LogP contribution in [0.15, 0.2) is 0 Å². The van der Waals surface area contributed by atoms with Crippen LogP contribution < -0.4 is 0 Å². The molecule has 1 saturated heterocycles. The standard InChI is InChI=1S/C11H22BrNO/c1-4-10-7-13(5-6-14-10)9-11(2,3)8-12/h10H,4-9H2,1-3H3. The largest absolute Gasteiger partial charge is 0.376 e. The molecule has 1 unspecified atom stereocenters. The smallest absolute Gasteiger partial charge is 0.0700 e. The van der Waals surface area contributed by atoms with Crippen LogP contribution in [0.3, 0.4) is 0 Å². The van der Waals surface area contributed by atoms with Gasteiger partial charge in [0.1, 0.15) is 0 Å². The lowest BCUT2D eigenvalue weighted by Gasteiger charge is -2.37. The lowest BCUT2D eigenvalue weighted by Crippen LogP contribution is -2.46. The number of ether oxygens (including phenoxy) is 1. The van der Waals surface area contributed by atoms with Crippen LogP contribution in [0.25, 0.3) is 0 Å². The van der Waals surface area contributed by atoms with Crippen LogP contribution in [0, 0.1) is 5.41 Å². The number of nitrogens with zero attached hydrogens (tertiary/aromatic N) is 1. The van der Waals surface area contributed by atoms with Crippen molar-refractivity contribution in [3.63, 3.8) is 0 Å². The van der Waals surface area contributed by atoms with Crippen molar-refractivity contribution in [2.75, 3.05) is 31.6 Å². The van der Waals surface area contributed by atoms with Gasteiger partial charge in [-0.2, -0.15) is 0 Å². The third-order valence-electron chi connectivity index (χ3n) is 2.69. The van der Waals surface area contributed by atoms with Crippen molar-refractivity contribution in [3.05, 3.63) is 0 Å². The Morgan fingerprint density at radius 2 is 2.21 bits per heavy atom. The Kier molecular flexibility index (Phi) is 4.88. The summed E-state index contributed by atoms with van der Waals surface area (Å²) < 4.78 is 5.65. The number of hydrogen-bond acceptors (Lipinski definition) is 2. The molecule has 1 heterocycles. The van der Waals surface area contributed by atoms with Gasteiger partial charge in [0.2, 0.25) is 0 Å². The molecule has 1 fully saturated rings. The third-order valence-corrected chi connectivity index (χ3v) is 4.21. The van der Waals surface area contributed by atoms with Gasteiger partial charge in [0.25, 0.3) is 0 Å². The Bertz CT molecular complexity index is 173. The summed E-state index contributed by atoms with van der Waals surface area (Å²) in [4.78, 5) is 2.53. The van der Waals surface area contributed by atoms with E-state index in [0.717, 1.165) is 38.0 Å². The topological polar surface area (TPSA) is 12.5 Å². The van der Waals surface area contributed by atoms with Crippen molar-refractivity contribution in [3.8, 4) is 0 Å². The first-order valence-electron chi connectivity index (χ1n) is 5.47. The second kappa shape index (κ2) is 5.47. The molecule has 0 radical (unpaired) electrons. The van der Waals surface area contributed by atoms with Crippen molar-refractivity contribution in [1.82, 2.24) is 4.90 Å². The van der Waals surface area contributed by atoms with Gasteiger partial charge < -0.3 is 4.74 Å². The summed E-state index contributed by atoms with van der Waals surface area (Å²) >= 11 is 3.57. The fourth-order valence-corrected chi connectivity index (χ4v) is 2.00. The molecule has 0 amide bonds. The molecule has 1 atom stereocenters. The lowest BCUT2D eigenvalue weighted by molar-refractivity contribution is -0.0378. The molecule has 0 aliphatic carbocycles. The van der Waals surface area contributed by atoms with E-state index in [0.29, 0.717) is 11.5 Å². The van der Waals surface area contributed by atoms with Crippen molar-refractivity contribution < 1.29 is 4.74 Å². The summed E-state index contributed by atoms with van der Waals surface area (Å²) in [5.41, 5.74) is 0.371. The molecule has 0 spiro atoms. The minimum atomic E-state index is 0.371. The van der Waals surface area contributed by atoms with E-state index in [-0.39, 0.29) is 0 Å². The van der Waals surface area contributed by atoms with E-state index in [9.17, 15) is 0 Å². The SMILES string of the molecule is CCC1CN(CC(C)(C)CBr)CCO1. The van der Waals surface area contributed by atoms with Gasteiger partial charge in [0.05, 0.1) is 12.7 Å². The average Bonchev–Trinajstić information content (AvgIpc) is 2.17. The molecule has 0 saturated carbocycles. The maximum absolute atomic E-state index is 5.65. The summed E-state index contributed by atoms with van der Waals surface area (Å²) in [5.74, 6) is 0. The van der Waals surface area contributed by atoms with E-state index >= 15 is 0 Å². The van der Waals surface area contributed by atoms with Crippen LogP contribution in [0.2, 0.25) is 0 Å². The Balaban J connectivity index is 2.37. The van der Waals surface area contributed by atoms with Crippen LogP contribution in [0.4, 0.5) is 0 Å². The highest BCUT2D eigenvalue weighted by Gasteiger charge is 2.25. The van der Waals surface area contributed by atoms with Gasteiger partial charge in [-0.3, -0.25) is 4.90 Å².